The van der Waals surface area contributed by atoms with Crippen molar-refractivity contribution in [2.75, 3.05) is 0 Å². The van der Waals surface area contributed by atoms with Crippen LogP contribution in [0, 0.1) is 0 Å². The molecule has 0 aliphatic heterocycles. The zero-order valence-corrected chi connectivity index (χ0v) is 7.93. The van der Waals surface area contributed by atoms with Crippen molar-refractivity contribution in [3.8, 4) is 0 Å². The summed E-state index contributed by atoms with van der Waals surface area (Å²) in [4.78, 5) is 0. The van der Waals surface area contributed by atoms with Crippen LogP contribution in [0.25, 0.3) is 0 Å². The molecule has 0 aromatic rings. The molecule has 0 rings (SSSR count). The molecule has 11 heteroatoms. The van der Waals surface area contributed by atoms with Crippen molar-refractivity contribution in [1.82, 2.24) is 24.6 Å². The largest absolute Gasteiger partial charge is 2.00 e. The molecular weight excluding hydrogens is 216 g/mol. The van der Waals surface area contributed by atoms with Gasteiger partial charge in [-0.25, -0.2) is 0 Å². The van der Waals surface area contributed by atoms with Gasteiger partial charge in [0, 0.05) is 0 Å². The molecule has 22 N–H and O–H groups in total. The van der Waals surface area contributed by atoms with E-state index in [0.29, 0.717) is 0 Å². The monoisotopic (exact) mass is 237 g/mol. The fourth-order valence-electron chi connectivity index (χ4n) is 0. The first kappa shape index (κ1) is 79800. The summed E-state index contributed by atoms with van der Waals surface area (Å²) >= 11 is 0. The van der Waals surface area contributed by atoms with Gasteiger partial charge in [0.1, 0.15) is 0 Å². The first-order valence-electron chi connectivity index (χ1n) is 0. The van der Waals surface area contributed by atoms with Crippen LogP contribution in [0.2, 0.25) is 0 Å². The SMILES string of the molecule is [Cu+2].[NH4+].[NH4+].[NH4+].[NH4+].[OH-].[OH-].[OH-].[OH-].[OH-].[OH-]. The molecule has 0 bridgehead atoms. The normalized spacial score (nSPS) is 0. The van der Waals surface area contributed by atoms with Crippen LogP contribution >= 0.6 is 0 Å². The second kappa shape index (κ2) is 59000. The smallest absolute Gasteiger partial charge is 0.870 e. The van der Waals surface area contributed by atoms with Crippen LogP contribution in [0.3, 0.4) is 0 Å². The molecule has 0 spiro atoms. The summed E-state index contributed by atoms with van der Waals surface area (Å²) in [6, 6.07) is 0. The minimum Gasteiger partial charge on any atom is -0.870 e. The van der Waals surface area contributed by atoms with Crippen molar-refractivity contribution in [2.45, 2.75) is 0 Å². The van der Waals surface area contributed by atoms with Gasteiger partial charge >= 0.3 is 17.1 Å². The van der Waals surface area contributed by atoms with Crippen LogP contribution in [0.1, 0.15) is 0 Å². The van der Waals surface area contributed by atoms with Crippen molar-refractivity contribution in [3.63, 3.8) is 0 Å². The summed E-state index contributed by atoms with van der Waals surface area (Å²) in [7, 11) is 0. The van der Waals surface area contributed by atoms with E-state index in [1.807, 2.05) is 0 Å². The summed E-state index contributed by atoms with van der Waals surface area (Å²) in [5.74, 6) is 0. The van der Waals surface area contributed by atoms with E-state index in [1.165, 1.54) is 0 Å². The third-order valence-corrected chi connectivity index (χ3v) is 0. The minimum absolute atomic E-state index is 0. The average Bonchev–Trinajstić information content (AvgIpc) is 0. The molecule has 0 aliphatic carbocycles. The Morgan fingerprint density at radius 2 is 0.273 bits per heavy atom. The Hall–Kier alpha value is 0.119. The van der Waals surface area contributed by atoms with Gasteiger partial charge in [-0.3, -0.25) is 0 Å². The molecule has 0 atom stereocenters. The minimum atomic E-state index is 0. The van der Waals surface area contributed by atoms with E-state index in [-0.39, 0.29) is 74.5 Å². The van der Waals surface area contributed by atoms with E-state index >= 15 is 0 Å². The van der Waals surface area contributed by atoms with Gasteiger partial charge in [0.15, 0.2) is 0 Å². The fourth-order valence-corrected chi connectivity index (χ4v) is 0. The number of hydrogen-bond acceptors (Lipinski definition) is 6. The van der Waals surface area contributed by atoms with E-state index in [0.717, 1.165) is 0 Å². The topological polar surface area (TPSA) is 326 Å². The van der Waals surface area contributed by atoms with Gasteiger partial charge in [0.25, 0.3) is 0 Å². The van der Waals surface area contributed by atoms with Gasteiger partial charge in [-0.2, -0.15) is 0 Å². The van der Waals surface area contributed by atoms with Crippen LogP contribution in [0.15, 0.2) is 0 Å². The van der Waals surface area contributed by atoms with E-state index in [2.05, 4.69) is 0 Å². The maximum Gasteiger partial charge on any atom is 2.00 e. The van der Waals surface area contributed by atoms with Gasteiger partial charge in [0.2, 0.25) is 0 Å². The van der Waals surface area contributed by atoms with E-state index in [4.69, 9.17) is 0 Å². The maximum absolute atomic E-state index is 0. The van der Waals surface area contributed by atoms with Crippen molar-refractivity contribution in [1.29, 1.82) is 0 Å². The van der Waals surface area contributed by atoms with E-state index in [9.17, 15) is 0 Å². The van der Waals surface area contributed by atoms with Gasteiger partial charge in [0.05, 0.1) is 0 Å². The molecule has 0 heterocycles. The van der Waals surface area contributed by atoms with Gasteiger partial charge in [-0.1, -0.05) is 0 Å². The van der Waals surface area contributed by atoms with E-state index in [1.54, 1.807) is 0 Å². The summed E-state index contributed by atoms with van der Waals surface area (Å²) in [5, 5.41) is 0. The van der Waals surface area contributed by atoms with Crippen molar-refractivity contribution in [2.24, 2.45) is 0 Å². The predicted molar refractivity (Wildman–Crippen MR) is 35.6 cm³/mol. The van der Waals surface area contributed by atoms with Gasteiger partial charge in [-0.15, -0.1) is 0 Å². The zero-order chi connectivity index (χ0) is 0. The zero-order valence-electron chi connectivity index (χ0n) is 6.98. The molecule has 0 saturated carbocycles. The molecule has 0 aromatic heterocycles. The van der Waals surface area contributed by atoms with Crippen LogP contribution in [-0.2, 0) is 17.1 Å². The Morgan fingerprint density at radius 1 is 0.273 bits per heavy atom. The third kappa shape index (κ3) is 46700. The quantitative estimate of drug-likeness (QED) is 0.432. The molecule has 0 unspecified atom stereocenters. The summed E-state index contributed by atoms with van der Waals surface area (Å²) < 4.78 is 0. The molecule has 11 heavy (non-hydrogen) atoms. The Kier molecular flexibility index (Phi) is 427000000. The molecule has 1 radical (unpaired) electrons. The Balaban J connectivity index is 0. The molecule has 0 saturated heterocycles. The van der Waals surface area contributed by atoms with Crippen molar-refractivity contribution in [3.05, 3.63) is 0 Å². The van der Waals surface area contributed by atoms with Crippen molar-refractivity contribution >= 4 is 0 Å². The maximum atomic E-state index is 0. The van der Waals surface area contributed by atoms with E-state index < -0.39 is 0 Å². The predicted octanol–water partition coefficient (Wildman–Crippen LogP) is 0.441. The number of hydrogen-bond donors (Lipinski definition) is 4. The second-order valence-corrected chi connectivity index (χ2v) is 0. The van der Waals surface area contributed by atoms with Crippen LogP contribution in [0.4, 0.5) is 0 Å². The number of rotatable bonds is 0. The molecule has 0 amide bonds. The van der Waals surface area contributed by atoms with Crippen LogP contribution in [-0.4, -0.2) is 32.9 Å². The third-order valence-electron chi connectivity index (χ3n) is 0. The molecule has 0 aliphatic rings. The Morgan fingerprint density at radius 3 is 0.273 bits per heavy atom. The Bertz CT molecular complexity index is 14.5. The molecular formula is H22CuN4O6. The van der Waals surface area contributed by atoms with Gasteiger partial charge in [-0.05, 0) is 0 Å². The summed E-state index contributed by atoms with van der Waals surface area (Å²) in [6.45, 7) is 0. The molecule has 89 valence electrons. The van der Waals surface area contributed by atoms with Crippen LogP contribution < -0.4 is 24.6 Å². The molecule has 0 fully saturated rings. The number of quaternary nitrogens is 4. The standard InChI is InChI=1S/Cu.4H3N.6H2O/h;4*1H3;6*1H2/q+2;;;;;;;;;;/p-2. The average molecular weight is 238 g/mol. The molecule has 10 nitrogen and oxygen atoms in total. The molecule has 0 aromatic carbocycles. The fraction of sp³-hybridized carbons (Fsp3) is 0. The van der Waals surface area contributed by atoms with Gasteiger partial charge < -0.3 is 57.5 Å². The summed E-state index contributed by atoms with van der Waals surface area (Å²) in [5.41, 5.74) is 0. The summed E-state index contributed by atoms with van der Waals surface area (Å²) in [6.07, 6.45) is 0. The first-order valence-corrected chi connectivity index (χ1v) is 0. The Labute approximate surface area is 75.4 Å². The first-order chi connectivity index (χ1) is 0. The van der Waals surface area contributed by atoms with Crippen LogP contribution in [0.5, 0.6) is 0 Å². The van der Waals surface area contributed by atoms with Crippen molar-refractivity contribution < 1.29 is 49.9 Å². The second-order valence-electron chi connectivity index (χ2n) is 0.